The summed E-state index contributed by atoms with van der Waals surface area (Å²) >= 11 is 0. The predicted octanol–water partition coefficient (Wildman–Crippen LogP) is -0.410. The number of fused-ring (bicyclic) bond motifs is 1. The Kier molecular flexibility index (Phi) is 0.557. The van der Waals surface area contributed by atoms with Crippen LogP contribution in [0.4, 0.5) is 0 Å². The van der Waals surface area contributed by atoms with Crippen molar-refractivity contribution in [2.24, 2.45) is 17.6 Å². The molecule has 3 unspecified atom stereocenters. The summed E-state index contributed by atoms with van der Waals surface area (Å²) in [5.41, 5.74) is 5.37. The fourth-order valence-corrected chi connectivity index (χ4v) is 1.28. The maximum Gasteiger partial charge on any atom is 0.0674 e. The molecule has 2 nitrogen and oxygen atoms in total. The zero-order valence-corrected chi connectivity index (χ0v) is 4.13. The standard InChI is InChI=1S/C5H9NO/c6-1-3-4-2-7-5(3)4/h3-5H,1-2,6H2. The van der Waals surface area contributed by atoms with Gasteiger partial charge in [-0.2, -0.15) is 0 Å². The Hall–Kier alpha value is -0.0800. The van der Waals surface area contributed by atoms with Crippen LogP contribution in [-0.2, 0) is 4.74 Å². The Morgan fingerprint density at radius 1 is 1.71 bits per heavy atom. The second kappa shape index (κ2) is 1.01. The first kappa shape index (κ1) is 3.87. The van der Waals surface area contributed by atoms with E-state index in [1.807, 2.05) is 0 Å². The first-order valence-corrected chi connectivity index (χ1v) is 2.75. The van der Waals surface area contributed by atoms with Crippen LogP contribution < -0.4 is 5.73 Å². The highest BCUT2D eigenvalue weighted by atomic mass is 16.5. The van der Waals surface area contributed by atoms with Crippen molar-refractivity contribution in [1.82, 2.24) is 0 Å². The van der Waals surface area contributed by atoms with E-state index in [-0.39, 0.29) is 0 Å². The molecule has 2 aliphatic rings. The van der Waals surface area contributed by atoms with E-state index in [9.17, 15) is 0 Å². The van der Waals surface area contributed by atoms with Gasteiger partial charge in [0.15, 0.2) is 0 Å². The maximum atomic E-state index is 5.37. The smallest absolute Gasteiger partial charge is 0.0674 e. The van der Waals surface area contributed by atoms with E-state index < -0.39 is 0 Å². The Labute approximate surface area is 42.6 Å². The Bertz CT molecular complexity index is 84.1. The second-order valence-corrected chi connectivity index (χ2v) is 2.36. The second-order valence-electron chi connectivity index (χ2n) is 2.36. The summed E-state index contributed by atoms with van der Waals surface area (Å²) < 4.78 is 5.13. The summed E-state index contributed by atoms with van der Waals surface area (Å²) in [7, 11) is 0. The molecule has 3 atom stereocenters. The molecule has 2 rings (SSSR count). The van der Waals surface area contributed by atoms with Crippen molar-refractivity contribution >= 4 is 0 Å². The molecule has 1 aliphatic heterocycles. The van der Waals surface area contributed by atoms with Crippen LogP contribution in [0, 0.1) is 11.8 Å². The van der Waals surface area contributed by atoms with Gasteiger partial charge < -0.3 is 10.5 Å². The van der Waals surface area contributed by atoms with Crippen LogP contribution in [0.25, 0.3) is 0 Å². The molecular weight excluding hydrogens is 90.1 g/mol. The number of rotatable bonds is 1. The van der Waals surface area contributed by atoms with E-state index >= 15 is 0 Å². The van der Waals surface area contributed by atoms with Gasteiger partial charge in [0.1, 0.15) is 0 Å². The van der Waals surface area contributed by atoms with Gasteiger partial charge in [-0.15, -0.1) is 0 Å². The van der Waals surface area contributed by atoms with E-state index in [1.54, 1.807) is 0 Å². The highest BCUT2D eigenvalue weighted by Crippen LogP contribution is 2.49. The topological polar surface area (TPSA) is 35.2 Å². The molecule has 0 spiro atoms. The average Bonchev–Trinajstić information content (AvgIpc) is 2.07. The monoisotopic (exact) mass is 99.1 g/mol. The predicted molar refractivity (Wildman–Crippen MR) is 25.8 cm³/mol. The van der Waals surface area contributed by atoms with Crippen molar-refractivity contribution in [3.05, 3.63) is 0 Å². The van der Waals surface area contributed by atoms with Gasteiger partial charge in [-0.1, -0.05) is 0 Å². The molecule has 2 heteroatoms. The van der Waals surface area contributed by atoms with Crippen molar-refractivity contribution in [3.63, 3.8) is 0 Å². The normalized spacial score (nSPS) is 55.3. The van der Waals surface area contributed by atoms with Crippen LogP contribution in [0.2, 0.25) is 0 Å². The molecule has 1 heterocycles. The molecule has 2 fully saturated rings. The molecule has 0 bridgehead atoms. The quantitative estimate of drug-likeness (QED) is 0.485. The van der Waals surface area contributed by atoms with E-state index in [4.69, 9.17) is 10.5 Å². The summed E-state index contributed by atoms with van der Waals surface area (Å²) in [6.07, 6.45) is 0.588. The largest absolute Gasteiger partial charge is 0.377 e. The van der Waals surface area contributed by atoms with E-state index in [0.717, 1.165) is 25.0 Å². The molecule has 40 valence electrons. The first-order valence-electron chi connectivity index (χ1n) is 2.75. The number of ether oxygens (including phenoxy) is 1. The minimum absolute atomic E-state index is 0.588. The third-order valence-corrected chi connectivity index (χ3v) is 2.01. The van der Waals surface area contributed by atoms with Crippen LogP contribution in [-0.4, -0.2) is 19.3 Å². The molecule has 0 amide bonds. The van der Waals surface area contributed by atoms with Crippen LogP contribution >= 0.6 is 0 Å². The molecule has 2 N–H and O–H groups in total. The lowest BCUT2D eigenvalue weighted by molar-refractivity contribution is 0.0221. The van der Waals surface area contributed by atoms with Gasteiger partial charge in [-0.25, -0.2) is 0 Å². The third kappa shape index (κ3) is 0.318. The van der Waals surface area contributed by atoms with Crippen LogP contribution in [0.3, 0.4) is 0 Å². The lowest BCUT2D eigenvalue weighted by Gasteiger charge is -2.07. The molecule has 0 aromatic heterocycles. The molecule has 0 radical (unpaired) electrons. The minimum atomic E-state index is 0.588. The van der Waals surface area contributed by atoms with Gasteiger partial charge in [-0.3, -0.25) is 0 Å². The summed E-state index contributed by atoms with van der Waals surface area (Å²) in [5, 5.41) is 0. The lowest BCUT2D eigenvalue weighted by atomic mass is 10.3. The van der Waals surface area contributed by atoms with E-state index in [0.29, 0.717) is 6.10 Å². The molecule has 1 aliphatic carbocycles. The Morgan fingerprint density at radius 3 is 2.57 bits per heavy atom. The molecular formula is C5H9NO. The third-order valence-electron chi connectivity index (χ3n) is 2.01. The summed E-state index contributed by atoms with van der Waals surface area (Å²) in [6.45, 7) is 1.81. The SMILES string of the molecule is NCC1C2COC12. The van der Waals surface area contributed by atoms with Crippen molar-refractivity contribution in [1.29, 1.82) is 0 Å². The van der Waals surface area contributed by atoms with Gasteiger partial charge in [0.25, 0.3) is 0 Å². The summed E-state index contributed by atoms with van der Waals surface area (Å²) in [5.74, 6) is 1.60. The zero-order chi connectivity index (χ0) is 4.85. The molecule has 1 saturated heterocycles. The van der Waals surface area contributed by atoms with Gasteiger partial charge in [-0.05, 0) is 6.54 Å². The van der Waals surface area contributed by atoms with Crippen molar-refractivity contribution in [2.45, 2.75) is 6.10 Å². The minimum Gasteiger partial charge on any atom is -0.377 e. The average molecular weight is 99.1 g/mol. The molecule has 1 saturated carbocycles. The Balaban J connectivity index is 1.95. The fourth-order valence-electron chi connectivity index (χ4n) is 1.28. The van der Waals surface area contributed by atoms with E-state index in [1.165, 1.54) is 0 Å². The molecule has 0 aromatic carbocycles. The van der Waals surface area contributed by atoms with Crippen LogP contribution in [0.5, 0.6) is 0 Å². The van der Waals surface area contributed by atoms with Gasteiger partial charge in [0.05, 0.1) is 12.7 Å². The number of nitrogens with two attached hydrogens (primary N) is 1. The van der Waals surface area contributed by atoms with Crippen molar-refractivity contribution in [3.8, 4) is 0 Å². The first-order chi connectivity index (χ1) is 3.43. The highest BCUT2D eigenvalue weighted by Gasteiger charge is 2.57. The van der Waals surface area contributed by atoms with E-state index in [2.05, 4.69) is 0 Å². The lowest BCUT2D eigenvalue weighted by Crippen LogP contribution is -2.12. The summed E-state index contributed by atoms with van der Waals surface area (Å²) in [4.78, 5) is 0. The van der Waals surface area contributed by atoms with Crippen LogP contribution in [0.15, 0.2) is 0 Å². The summed E-state index contributed by atoms with van der Waals surface area (Å²) in [6, 6.07) is 0. The zero-order valence-electron chi connectivity index (χ0n) is 4.13. The van der Waals surface area contributed by atoms with Gasteiger partial charge in [0, 0.05) is 11.8 Å². The molecule has 7 heavy (non-hydrogen) atoms. The Morgan fingerprint density at radius 2 is 2.43 bits per heavy atom. The fraction of sp³-hybridized carbons (Fsp3) is 1.00. The number of hydrogen-bond donors (Lipinski definition) is 1. The van der Waals surface area contributed by atoms with Crippen molar-refractivity contribution < 1.29 is 4.74 Å². The van der Waals surface area contributed by atoms with Gasteiger partial charge >= 0.3 is 0 Å². The molecule has 0 aromatic rings. The van der Waals surface area contributed by atoms with Crippen LogP contribution in [0.1, 0.15) is 0 Å². The van der Waals surface area contributed by atoms with Crippen molar-refractivity contribution in [2.75, 3.05) is 13.2 Å². The number of hydrogen-bond acceptors (Lipinski definition) is 2. The van der Waals surface area contributed by atoms with Gasteiger partial charge in [0.2, 0.25) is 0 Å². The maximum absolute atomic E-state index is 5.37. The highest BCUT2D eigenvalue weighted by molar-refractivity contribution is 5.05.